The van der Waals surface area contributed by atoms with E-state index < -0.39 is 10.0 Å². The van der Waals surface area contributed by atoms with Gasteiger partial charge in [0.2, 0.25) is 10.0 Å². The Hall–Kier alpha value is -1.92. The molecular formula is C17H21N3O2S. The fourth-order valence-corrected chi connectivity index (χ4v) is 4.24. The molecule has 0 saturated carbocycles. The zero-order valence-electron chi connectivity index (χ0n) is 13.4. The first-order valence-electron chi connectivity index (χ1n) is 7.83. The summed E-state index contributed by atoms with van der Waals surface area (Å²) in [6.07, 6.45) is 3.43. The van der Waals surface area contributed by atoms with Gasteiger partial charge >= 0.3 is 0 Å². The lowest BCUT2D eigenvalue weighted by molar-refractivity contribution is 0.399. The summed E-state index contributed by atoms with van der Waals surface area (Å²) in [5, 5.41) is 0. The first kappa shape index (κ1) is 16.0. The SMILES string of the molecule is CCCCN1CN(c2ccc(C)cc2)c2ncccc2S1(=O)=O. The predicted octanol–water partition coefficient (Wildman–Crippen LogP) is 3.29. The van der Waals surface area contributed by atoms with Crippen molar-refractivity contribution in [2.75, 3.05) is 18.1 Å². The first-order chi connectivity index (χ1) is 11.0. The lowest BCUT2D eigenvalue weighted by atomic mass is 10.2. The Labute approximate surface area is 137 Å². The van der Waals surface area contributed by atoms with Crippen molar-refractivity contribution in [2.24, 2.45) is 0 Å². The van der Waals surface area contributed by atoms with Gasteiger partial charge in [0, 0.05) is 18.4 Å². The van der Waals surface area contributed by atoms with Crippen LogP contribution in [0, 0.1) is 6.92 Å². The molecule has 1 aromatic carbocycles. The number of fused-ring (bicyclic) bond motifs is 1. The van der Waals surface area contributed by atoms with Gasteiger partial charge in [-0.05, 0) is 37.6 Å². The predicted molar refractivity (Wildman–Crippen MR) is 91.2 cm³/mol. The molecule has 0 fully saturated rings. The summed E-state index contributed by atoms with van der Waals surface area (Å²) < 4.78 is 27.1. The number of aryl methyl sites for hydroxylation is 1. The zero-order valence-corrected chi connectivity index (χ0v) is 14.3. The van der Waals surface area contributed by atoms with E-state index in [2.05, 4.69) is 11.9 Å². The minimum absolute atomic E-state index is 0.280. The molecule has 0 spiro atoms. The number of benzene rings is 1. The van der Waals surface area contributed by atoms with Crippen LogP contribution in [-0.2, 0) is 10.0 Å². The van der Waals surface area contributed by atoms with Crippen LogP contribution in [0.2, 0.25) is 0 Å². The second-order valence-corrected chi connectivity index (χ2v) is 7.67. The van der Waals surface area contributed by atoms with Crippen molar-refractivity contribution in [1.82, 2.24) is 9.29 Å². The molecule has 122 valence electrons. The second kappa shape index (κ2) is 6.29. The normalized spacial score (nSPS) is 17.0. The molecule has 2 aromatic rings. The summed E-state index contributed by atoms with van der Waals surface area (Å²) in [5.41, 5.74) is 2.12. The topological polar surface area (TPSA) is 53.5 Å². The summed E-state index contributed by atoms with van der Waals surface area (Å²) in [5.74, 6) is 0.504. The van der Waals surface area contributed by atoms with Crippen molar-refractivity contribution in [3.05, 3.63) is 48.2 Å². The maximum atomic E-state index is 12.8. The van der Waals surface area contributed by atoms with E-state index in [1.54, 1.807) is 22.6 Å². The maximum Gasteiger partial charge on any atom is 0.248 e. The molecule has 0 amide bonds. The summed E-state index contributed by atoms with van der Waals surface area (Å²) in [4.78, 5) is 6.57. The van der Waals surface area contributed by atoms with E-state index in [1.807, 2.05) is 36.1 Å². The number of unbranched alkanes of at least 4 members (excludes halogenated alkanes) is 1. The average Bonchev–Trinajstić information content (AvgIpc) is 2.55. The molecule has 1 aliphatic rings. The van der Waals surface area contributed by atoms with E-state index in [-0.39, 0.29) is 4.90 Å². The highest BCUT2D eigenvalue weighted by atomic mass is 32.2. The van der Waals surface area contributed by atoms with Crippen LogP contribution in [0.15, 0.2) is 47.5 Å². The molecule has 0 unspecified atom stereocenters. The third kappa shape index (κ3) is 2.96. The second-order valence-electron chi connectivity index (χ2n) is 5.76. The van der Waals surface area contributed by atoms with Gasteiger partial charge in [0.25, 0.3) is 0 Å². The van der Waals surface area contributed by atoms with E-state index >= 15 is 0 Å². The summed E-state index contributed by atoms with van der Waals surface area (Å²) in [6, 6.07) is 11.4. The van der Waals surface area contributed by atoms with Crippen LogP contribution < -0.4 is 4.90 Å². The van der Waals surface area contributed by atoms with E-state index in [9.17, 15) is 8.42 Å². The molecule has 2 heterocycles. The van der Waals surface area contributed by atoms with Gasteiger partial charge in [0.15, 0.2) is 5.82 Å². The van der Waals surface area contributed by atoms with Crippen molar-refractivity contribution in [1.29, 1.82) is 0 Å². The highest BCUT2D eigenvalue weighted by Gasteiger charge is 2.36. The number of nitrogens with zero attached hydrogens (tertiary/aromatic N) is 3. The lowest BCUT2D eigenvalue weighted by Gasteiger charge is -2.36. The molecule has 1 aromatic heterocycles. The van der Waals surface area contributed by atoms with Crippen molar-refractivity contribution in [3.63, 3.8) is 0 Å². The average molecular weight is 331 g/mol. The van der Waals surface area contributed by atoms with Gasteiger partial charge < -0.3 is 4.90 Å². The minimum Gasteiger partial charge on any atom is -0.311 e. The Bertz CT molecular complexity index is 788. The fraction of sp³-hybridized carbons (Fsp3) is 0.353. The standard InChI is InChI=1S/C17H21N3O2S/c1-3-4-12-19-13-20(15-9-7-14(2)8-10-15)17-16(23(19,21)22)6-5-11-18-17/h5-11H,3-4,12-13H2,1-2H3. The third-order valence-electron chi connectivity index (χ3n) is 4.03. The Morgan fingerprint density at radius 2 is 1.91 bits per heavy atom. The Balaban J connectivity index is 2.08. The number of hydrogen-bond donors (Lipinski definition) is 0. The molecular weight excluding hydrogens is 310 g/mol. The molecule has 0 bridgehead atoms. The van der Waals surface area contributed by atoms with Crippen molar-refractivity contribution in [2.45, 2.75) is 31.6 Å². The number of aromatic nitrogens is 1. The summed E-state index contributed by atoms with van der Waals surface area (Å²) in [6.45, 7) is 4.92. The highest BCUT2D eigenvalue weighted by molar-refractivity contribution is 7.89. The van der Waals surface area contributed by atoms with Crippen LogP contribution in [0.4, 0.5) is 11.5 Å². The van der Waals surface area contributed by atoms with Crippen molar-refractivity contribution >= 4 is 21.5 Å². The van der Waals surface area contributed by atoms with E-state index in [0.717, 1.165) is 18.5 Å². The molecule has 0 saturated heterocycles. The lowest BCUT2D eigenvalue weighted by Crippen LogP contribution is -2.45. The van der Waals surface area contributed by atoms with Crippen molar-refractivity contribution < 1.29 is 8.42 Å². The summed E-state index contributed by atoms with van der Waals surface area (Å²) in [7, 11) is -3.48. The number of hydrogen-bond acceptors (Lipinski definition) is 4. The Morgan fingerprint density at radius 1 is 1.17 bits per heavy atom. The van der Waals surface area contributed by atoms with Gasteiger partial charge in [-0.1, -0.05) is 31.0 Å². The van der Waals surface area contributed by atoms with E-state index in [0.29, 0.717) is 19.0 Å². The number of sulfonamides is 1. The van der Waals surface area contributed by atoms with Gasteiger partial charge in [-0.25, -0.2) is 13.4 Å². The van der Waals surface area contributed by atoms with Crippen molar-refractivity contribution in [3.8, 4) is 0 Å². The maximum absolute atomic E-state index is 12.8. The highest BCUT2D eigenvalue weighted by Crippen LogP contribution is 2.36. The minimum atomic E-state index is -3.48. The van der Waals surface area contributed by atoms with E-state index in [1.165, 1.54) is 5.56 Å². The van der Waals surface area contributed by atoms with Gasteiger partial charge in [-0.15, -0.1) is 0 Å². The third-order valence-corrected chi connectivity index (χ3v) is 5.88. The monoisotopic (exact) mass is 331 g/mol. The largest absolute Gasteiger partial charge is 0.311 e. The molecule has 0 atom stereocenters. The van der Waals surface area contributed by atoms with Crippen LogP contribution >= 0.6 is 0 Å². The molecule has 0 N–H and O–H groups in total. The number of anilines is 2. The van der Waals surface area contributed by atoms with Crippen LogP contribution in [-0.4, -0.2) is 30.9 Å². The quantitative estimate of drug-likeness (QED) is 0.863. The first-order valence-corrected chi connectivity index (χ1v) is 9.27. The molecule has 6 heteroatoms. The van der Waals surface area contributed by atoms with Crippen LogP contribution in [0.25, 0.3) is 0 Å². The summed E-state index contributed by atoms with van der Waals surface area (Å²) >= 11 is 0. The van der Waals surface area contributed by atoms with Crippen LogP contribution in [0.1, 0.15) is 25.3 Å². The molecule has 0 aliphatic carbocycles. The van der Waals surface area contributed by atoms with Crippen LogP contribution in [0.3, 0.4) is 0 Å². The molecule has 0 radical (unpaired) electrons. The Kier molecular flexibility index (Phi) is 4.37. The van der Waals surface area contributed by atoms with Crippen LogP contribution in [0.5, 0.6) is 0 Å². The fourth-order valence-electron chi connectivity index (χ4n) is 2.68. The molecule has 5 nitrogen and oxygen atoms in total. The van der Waals surface area contributed by atoms with Gasteiger partial charge in [-0.3, -0.25) is 0 Å². The molecule has 1 aliphatic heterocycles. The van der Waals surface area contributed by atoms with Gasteiger partial charge in [0.05, 0.1) is 6.67 Å². The zero-order chi connectivity index (χ0) is 16.4. The molecule has 23 heavy (non-hydrogen) atoms. The smallest absolute Gasteiger partial charge is 0.248 e. The molecule has 3 rings (SSSR count). The Morgan fingerprint density at radius 3 is 2.61 bits per heavy atom. The van der Waals surface area contributed by atoms with Gasteiger partial charge in [-0.2, -0.15) is 4.31 Å². The number of pyridine rings is 1. The number of rotatable bonds is 4. The van der Waals surface area contributed by atoms with E-state index in [4.69, 9.17) is 0 Å². The van der Waals surface area contributed by atoms with Gasteiger partial charge in [0.1, 0.15) is 4.90 Å².